The van der Waals surface area contributed by atoms with Crippen LogP contribution < -0.4 is 15.2 Å². The molecule has 3 aliphatic rings. The summed E-state index contributed by atoms with van der Waals surface area (Å²) in [6, 6.07) is 6.39. The molecular weight excluding hydrogens is 314 g/mol. The third-order valence-electron chi connectivity index (χ3n) is 6.22. The molecule has 0 spiro atoms. The van der Waals surface area contributed by atoms with E-state index in [0.29, 0.717) is 23.9 Å². The number of primary amides is 1. The van der Waals surface area contributed by atoms with Crippen LogP contribution in [0.3, 0.4) is 0 Å². The fourth-order valence-electron chi connectivity index (χ4n) is 4.89. The Morgan fingerprint density at radius 3 is 2.64 bits per heavy atom. The Kier molecular flexibility index (Phi) is 4.45. The molecule has 0 unspecified atom stereocenters. The van der Waals surface area contributed by atoms with E-state index in [9.17, 15) is 4.79 Å². The van der Waals surface area contributed by atoms with Crippen LogP contribution in [0.5, 0.6) is 11.5 Å². The molecule has 4 nitrogen and oxygen atoms in total. The monoisotopic (exact) mass is 341 g/mol. The summed E-state index contributed by atoms with van der Waals surface area (Å²) in [7, 11) is 1.70. The zero-order valence-corrected chi connectivity index (χ0v) is 14.9. The van der Waals surface area contributed by atoms with Crippen LogP contribution in [0.4, 0.5) is 0 Å². The van der Waals surface area contributed by atoms with Gasteiger partial charge in [0.05, 0.1) is 13.2 Å². The van der Waals surface area contributed by atoms with Crippen LogP contribution in [0, 0.1) is 11.8 Å². The SMILES string of the molecule is COc1ccc([C@H]2C[C@@H]3CC(C(N)=O)=C[C@@H]3C2)cc1OC1CCCC1. The molecule has 3 atom stereocenters. The predicted molar refractivity (Wildman–Crippen MR) is 96.7 cm³/mol. The molecule has 2 fully saturated rings. The molecule has 0 aliphatic heterocycles. The lowest BCUT2D eigenvalue weighted by molar-refractivity contribution is -0.114. The van der Waals surface area contributed by atoms with Crippen molar-refractivity contribution in [2.75, 3.05) is 7.11 Å². The van der Waals surface area contributed by atoms with Gasteiger partial charge in [0.25, 0.3) is 0 Å². The molecule has 2 N–H and O–H groups in total. The topological polar surface area (TPSA) is 61.5 Å². The van der Waals surface area contributed by atoms with Gasteiger partial charge < -0.3 is 15.2 Å². The lowest BCUT2D eigenvalue weighted by atomic mass is 9.94. The Morgan fingerprint density at radius 1 is 1.16 bits per heavy atom. The Morgan fingerprint density at radius 2 is 1.96 bits per heavy atom. The molecule has 25 heavy (non-hydrogen) atoms. The second kappa shape index (κ2) is 6.74. The van der Waals surface area contributed by atoms with Crippen molar-refractivity contribution >= 4 is 5.91 Å². The highest BCUT2D eigenvalue weighted by atomic mass is 16.5. The maximum absolute atomic E-state index is 11.4. The van der Waals surface area contributed by atoms with Crippen LogP contribution >= 0.6 is 0 Å². The number of benzene rings is 1. The van der Waals surface area contributed by atoms with Gasteiger partial charge in [0.1, 0.15) is 0 Å². The number of hydrogen-bond acceptors (Lipinski definition) is 3. The summed E-state index contributed by atoms with van der Waals surface area (Å²) in [6.45, 7) is 0. The van der Waals surface area contributed by atoms with Gasteiger partial charge in [-0.15, -0.1) is 0 Å². The lowest BCUT2D eigenvalue weighted by Crippen LogP contribution is -2.13. The minimum Gasteiger partial charge on any atom is -0.493 e. The van der Waals surface area contributed by atoms with Crippen LogP contribution in [0.25, 0.3) is 0 Å². The second-order valence-corrected chi connectivity index (χ2v) is 7.79. The quantitative estimate of drug-likeness (QED) is 0.882. The van der Waals surface area contributed by atoms with Crippen LogP contribution in [0.15, 0.2) is 29.8 Å². The summed E-state index contributed by atoms with van der Waals surface area (Å²) in [6.07, 6.45) is 10.3. The molecule has 0 bridgehead atoms. The largest absolute Gasteiger partial charge is 0.493 e. The Bertz CT molecular complexity index is 690. The lowest BCUT2D eigenvalue weighted by Gasteiger charge is -2.19. The van der Waals surface area contributed by atoms with E-state index in [4.69, 9.17) is 15.2 Å². The van der Waals surface area contributed by atoms with Crippen molar-refractivity contribution in [1.29, 1.82) is 0 Å². The van der Waals surface area contributed by atoms with Gasteiger partial charge in [0.2, 0.25) is 5.91 Å². The fraction of sp³-hybridized carbons (Fsp3) is 0.571. The third kappa shape index (κ3) is 3.26. The van der Waals surface area contributed by atoms with Crippen LogP contribution in [-0.4, -0.2) is 19.1 Å². The molecule has 4 heteroatoms. The van der Waals surface area contributed by atoms with Crippen LogP contribution in [0.2, 0.25) is 0 Å². The number of allylic oxidation sites excluding steroid dienone is 1. The van der Waals surface area contributed by atoms with Gasteiger partial charge >= 0.3 is 0 Å². The van der Waals surface area contributed by atoms with Crippen molar-refractivity contribution in [3.8, 4) is 11.5 Å². The van der Waals surface area contributed by atoms with Gasteiger partial charge in [0.15, 0.2) is 11.5 Å². The number of fused-ring (bicyclic) bond motifs is 1. The highest BCUT2D eigenvalue weighted by molar-refractivity contribution is 5.92. The van der Waals surface area contributed by atoms with Crippen LogP contribution in [-0.2, 0) is 4.79 Å². The van der Waals surface area contributed by atoms with E-state index >= 15 is 0 Å². The van der Waals surface area contributed by atoms with Gasteiger partial charge in [-0.25, -0.2) is 0 Å². The van der Waals surface area contributed by atoms with Gasteiger partial charge in [-0.1, -0.05) is 12.1 Å². The van der Waals surface area contributed by atoms with E-state index in [-0.39, 0.29) is 5.91 Å². The molecule has 3 aliphatic carbocycles. The van der Waals surface area contributed by atoms with Crippen molar-refractivity contribution in [2.45, 2.75) is 57.0 Å². The summed E-state index contributed by atoms with van der Waals surface area (Å²) in [5, 5.41) is 0. The smallest absolute Gasteiger partial charge is 0.244 e. The number of amides is 1. The summed E-state index contributed by atoms with van der Waals surface area (Å²) in [4.78, 5) is 11.4. The van der Waals surface area contributed by atoms with Gasteiger partial charge in [0, 0.05) is 5.57 Å². The predicted octanol–water partition coefficient (Wildman–Crippen LogP) is 3.94. The highest BCUT2D eigenvalue weighted by Crippen LogP contribution is 2.50. The number of rotatable bonds is 5. The van der Waals surface area contributed by atoms with Crippen LogP contribution in [0.1, 0.15) is 56.4 Å². The number of hydrogen-bond donors (Lipinski definition) is 1. The van der Waals surface area contributed by atoms with Crippen molar-refractivity contribution in [3.05, 3.63) is 35.4 Å². The first kappa shape index (κ1) is 16.5. The third-order valence-corrected chi connectivity index (χ3v) is 6.22. The summed E-state index contributed by atoms with van der Waals surface area (Å²) < 4.78 is 11.7. The maximum atomic E-state index is 11.4. The van der Waals surface area contributed by atoms with Crippen molar-refractivity contribution in [1.82, 2.24) is 0 Å². The maximum Gasteiger partial charge on any atom is 0.244 e. The van der Waals surface area contributed by atoms with Gasteiger partial charge in [-0.3, -0.25) is 4.79 Å². The highest BCUT2D eigenvalue weighted by Gasteiger charge is 2.39. The zero-order valence-electron chi connectivity index (χ0n) is 14.9. The van der Waals surface area contributed by atoms with E-state index in [1.807, 2.05) is 6.07 Å². The van der Waals surface area contributed by atoms with E-state index in [1.165, 1.54) is 18.4 Å². The van der Waals surface area contributed by atoms with Crippen molar-refractivity contribution in [3.63, 3.8) is 0 Å². The Hall–Kier alpha value is -1.97. The number of methoxy groups -OCH3 is 1. The molecule has 0 aromatic heterocycles. The average Bonchev–Trinajstić information content (AvgIpc) is 3.30. The van der Waals surface area contributed by atoms with E-state index < -0.39 is 0 Å². The first-order chi connectivity index (χ1) is 12.1. The average molecular weight is 341 g/mol. The normalized spacial score (nSPS) is 28.7. The summed E-state index contributed by atoms with van der Waals surface area (Å²) in [5.74, 6) is 3.05. The van der Waals surface area contributed by atoms with E-state index in [2.05, 4.69) is 18.2 Å². The molecule has 4 rings (SSSR count). The Balaban J connectivity index is 1.50. The molecule has 1 aromatic rings. The molecule has 134 valence electrons. The van der Waals surface area contributed by atoms with Crippen molar-refractivity contribution in [2.24, 2.45) is 17.6 Å². The van der Waals surface area contributed by atoms with Crippen molar-refractivity contribution < 1.29 is 14.3 Å². The first-order valence-corrected chi connectivity index (χ1v) is 9.49. The molecule has 1 amide bonds. The summed E-state index contributed by atoms with van der Waals surface area (Å²) in [5.41, 5.74) is 7.60. The number of nitrogens with two attached hydrogens (primary N) is 1. The second-order valence-electron chi connectivity index (χ2n) is 7.79. The minimum absolute atomic E-state index is 0.248. The van der Waals surface area contributed by atoms with E-state index in [1.54, 1.807) is 7.11 Å². The molecular formula is C21H27NO3. The first-order valence-electron chi connectivity index (χ1n) is 9.49. The molecule has 0 saturated heterocycles. The number of ether oxygens (including phenoxy) is 2. The number of carbonyl (C=O) groups excluding carboxylic acids is 1. The molecule has 1 aromatic carbocycles. The fourth-order valence-corrected chi connectivity index (χ4v) is 4.89. The molecule has 0 heterocycles. The standard InChI is InChI=1S/C21H27NO3/c1-24-19-7-6-13(12-20(19)25-18-4-2-3-5-18)14-8-15-10-17(21(22)23)11-16(15)9-14/h6-7,10,12,14-16,18H,2-5,8-9,11H2,1H3,(H2,22,23)/t14-,15+,16-/m1/s1. The van der Waals surface area contributed by atoms with E-state index in [0.717, 1.165) is 49.2 Å². The van der Waals surface area contributed by atoms with Gasteiger partial charge in [-0.2, -0.15) is 0 Å². The van der Waals surface area contributed by atoms with Gasteiger partial charge in [-0.05, 0) is 80.4 Å². The number of carbonyl (C=O) groups is 1. The molecule has 0 radical (unpaired) electrons. The zero-order chi connectivity index (χ0) is 17.4. The summed E-state index contributed by atoms with van der Waals surface area (Å²) >= 11 is 0. The minimum atomic E-state index is -0.248. The Labute approximate surface area is 149 Å². The molecule has 2 saturated carbocycles.